The number of para-hydroxylation sites is 3. The predicted molar refractivity (Wildman–Crippen MR) is 107 cm³/mol. The van der Waals surface area contributed by atoms with Crippen LogP contribution in [0.15, 0.2) is 48.5 Å². The summed E-state index contributed by atoms with van der Waals surface area (Å²) >= 11 is 0. The molecular weight excluding hydrogens is 372 g/mol. The molecule has 148 valence electrons. The number of nitrogens with one attached hydrogen (secondary N) is 1. The standard InChI is InChI=1S/C22H20N2O5/c1-14-22(15-6-2-3-7-16(15)23-14)18(25)13-29-21(27)12-24-17-8-4-5-9-19(17)28-11-10-20(24)26/h2-9,23H,10-13H2,1H3. The summed E-state index contributed by atoms with van der Waals surface area (Å²) in [6, 6.07) is 14.5. The molecule has 0 aliphatic carbocycles. The SMILES string of the molecule is Cc1[nH]c2ccccc2c1C(=O)COC(=O)CN1C(=O)CCOc2ccccc21. The van der Waals surface area contributed by atoms with E-state index in [1.54, 1.807) is 24.3 Å². The van der Waals surface area contributed by atoms with Gasteiger partial charge in [0.25, 0.3) is 0 Å². The molecule has 0 atom stereocenters. The number of fused-ring (bicyclic) bond motifs is 2. The number of nitrogens with zero attached hydrogens (tertiary/aromatic N) is 1. The lowest BCUT2D eigenvalue weighted by Gasteiger charge is -2.20. The van der Waals surface area contributed by atoms with Crippen molar-refractivity contribution < 1.29 is 23.9 Å². The molecule has 29 heavy (non-hydrogen) atoms. The number of rotatable bonds is 5. The largest absolute Gasteiger partial charge is 0.491 e. The summed E-state index contributed by atoms with van der Waals surface area (Å²) < 4.78 is 10.8. The number of aromatic amines is 1. The molecule has 0 saturated carbocycles. The number of hydrogen-bond acceptors (Lipinski definition) is 5. The molecule has 3 aromatic rings. The average Bonchev–Trinajstić information content (AvgIpc) is 2.97. The number of esters is 1. The van der Waals surface area contributed by atoms with Gasteiger partial charge in [-0.15, -0.1) is 0 Å². The second-order valence-electron chi connectivity index (χ2n) is 6.80. The first kappa shape index (κ1) is 18.7. The van der Waals surface area contributed by atoms with Crippen molar-refractivity contribution in [1.82, 2.24) is 4.98 Å². The fraction of sp³-hybridized carbons (Fsp3) is 0.227. The Kier molecular flexibility index (Phi) is 5.03. The van der Waals surface area contributed by atoms with Crippen LogP contribution in [0.25, 0.3) is 10.9 Å². The van der Waals surface area contributed by atoms with Crippen molar-refractivity contribution in [3.63, 3.8) is 0 Å². The quantitative estimate of drug-likeness (QED) is 0.533. The third-order valence-corrected chi connectivity index (χ3v) is 4.85. The Morgan fingerprint density at radius 3 is 2.76 bits per heavy atom. The Bertz CT molecular complexity index is 1100. The molecular formula is C22H20N2O5. The van der Waals surface area contributed by atoms with Crippen LogP contribution in [0, 0.1) is 6.92 Å². The van der Waals surface area contributed by atoms with Gasteiger partial charge in [0, 0.05) is 22.2 Å². The Morgan fingerprint density at radius 1 is 1.14 bits per heavy atom. The number of Topliss-reactive ketones (excluding diaryl/α,β-unsaturated/α-hetero) is 1. The number of anilines is 1. The van der Waals surface area contributed by atoms with Gasteiger partial charge < -0.3 is 14.5 Å². The van der Waals surface area contributed by atoms with Gasteiger partial charge in [-0.2, -0.15) is 0 Å². The van der Waals surface area contributed by atoms with Crippen molar-refractivity contribution in [2.45, 2.75) is 13.3 Å². The van der Waals surface area contributed by atoms with Crippen LogP contribution in [0.3, 0.4) is 0 Å². The fourth-order valence-corrected chi connectivity index (χ4v) is 3.52. The van der Waals surface area contributed by atoms with Gasteiger partial charge in [0.15, 0.2) is 6.61 Å². The van der Waals surface area contributed by atoms with Crippen LogP contribution < -0.4 is 9.64 Å². The minimum absolute atomic E-state index is 0.162. The zero-order valence-corrected chi connectivity index (χ0v) is 15.9. The highest BCUT2D eigenvalue weighted by atomic mass is 16.5. The molecule has 0 spiro atoms. The number of carbonyl (C=O) groups is 3. The van der Waals surface area contributed by atoms with Crippen LogP contribution in [-0.2, 0) is 14.3 Å². The van der Waals surface area contributed by atoms with Crippen LogP contribution in [0.2, 0.25) is 0 Å². The second-order valence-corrected chi connectivity index (χ2v) is 6.80. The number of H-pyrrole nitrogens is 1. The maximum absolute atomic E-state index is 12.7. The number of benzene rings is 2. The summed E-state index contributed by atoms with van der Waals surface area (Å²) in [5.41, 5.74) is 2.61. The number of amides is 1. The Morgan fingerprint density at radius 2 is 1.90 bits per heavy atom. The summed E-state index contributed by atoms with van der Waals surface area (Å²) in [5, 5.41) is 0.792. The normalized spacial score (nSPS) is 13.6. The summed E-state index contributed by atoms with van der Waals surface area (Å²) in [6.45, 7) is 1.39. The lowest BCUT2D eigenvalue weighted by atomic mass is 10.1. The van der Waals surface area contributed by atoms with Crippen LogP contribution in [0.4, 0.5) is 5.69 Å². The topological polar surface area (TPSA) is 88.7 Å². The lowest BCUT2D eigenvalue weighted by molar-refractivity contribution is -0.141. The number of aryl methyl sites for hydroxylation is 1. The fourth-order valence-electron chi connectivity index (χ4n) is 3.52. The molecule has 0 bridgehead atoms. The third-order valence-electron chi connectivity index (χ3n) is 4.85. The number of ether oxygens (including phenoxy) is 2. The van der Waals surface area contributed by atoms with E-state index in [2.05, 4.69) is 4.98 Å². The first-order chi connectivity index (χ1) is 14.0. The average molecular weight is 392 g/mol. The Balaban J connectivity index is 1.45. The van der Waals surface area contributed by atoms with E-state index >= 15 is 0 Å². The van der Waals surface area contributed by atoms with Crippen molar-refractivity contribution >= 4 is 34.3 Å². The van der Waals surface area contributed by atoms with Crippen molar-refractivity contribution in [2.75, 3.05) is 24.7 Å². The molecule has 1 aliphatic rings. The van der Waals surface area contributed by atoms with Crippen molar-refractivity contribution in [3.8, 4) is 5.75 Å². The van der Waals surface area contributed by atoms with Gasteiger partial charge in [-0.1, -0.05) is 30.3 Å². The summed E-state index contributed by atoms with van der Waals surface area (Å²) in [7, 11) is 0. The molecule has 0 radical (unpaired) electrons. The minimum Gasteiger partial charge on any atom is -0.491 e. The molecule has 7 nitrogen and oxygen atoms in total. The van der Waals surface area contributed by atoms with Crippen molar-refractivity contribution in [1.29, 1.82) is 0 Å². The number of hydrogen-bond donors (Lipinski definition) is 1. The van der Waals surface area contributed by atoms with Gasteiger partial charge in [0.05, 0.1) is 18.7 Å². The zero-order valence-electron chi connectivity index (χ0n) is 15.9. The Labute approximate surface area is 167 Å². The molecule has 0 saturated heterocycles. The summed E-state index contributed by atoms with van der Waals surface area (Å²) in [4.78, 5) is 41.9. The molecule has 1 N–H and O–H groups in total. The highest BCUT2D eigenvalue weighted by molar-refractivity contribution is 6.10. The second kappa shape index (κ2) is 7.79. The van der Waals surface area contributed by atoms with Gasteiger partial charge in [0.2, 0.25) is 11.7 Å². The molecule has 7 heteroatoms. The maximum atomic E-state index is 12.7. The molecule has 0 unspecified atom stereocenters. The smallest absolute Gasteiger partial charge is 0.326 e. The highest BCUT2D eigenvalue weighted by Crippen LogP contribution is 2.30. The zero-order chi connectivity index (χ0) is 20.4. The van der Waals surface area contributed by atoms with E-state index in [1.165, 1.54) is 4.90 Å². The van der Waals surface area contributed by atoms with Crippen LogP contribution in [-0.4, -0.2) is 42.4 Å². The van der Waals surface area contributed by atoms with Gasteiger partial charge >= 0.3 is 5.97 Å². The van der Waals surface area contributed by atoms with Crippen LogP contribution >= 0.6 is 0 Å². The summed E-state index contributed by atoms with van der Waals surface area (Å²) in [6.07, 6.45) is 0.162. The van der Waals surface area contributed by atoms with Gasteiger partial charge in [-0.3, -0.25) is 19.3 Å². The number of carbonyl (C=O) groups excluding carboxylic acids is 3. The minimum atomic E-state index is -0.652. The first-order valence-corrected chi connectivity index (χ1v) is 9.33. The van der Waals surface area contributed by atoms with E-state index in [1.807, 2.05) is 31.2 Å². The van der Waals surface area contributed by atoms with E-state index in [0.29, 0.717) is 17.0 Å². The molecule has 1 amide bonds. The van der Waals surface area contributed by atoms with Gasteiger partial charge in [-0.05, 0) is 25.1 Å². The van der Waals surface area contributed by atoms with E-state index in [9.17, 15) is 14.4 Å². The molecule has 2 heterocycles. The molecule has 4 rings (SSSR count). The molecule has 0 fully saturated rings. The molecule has 2 aromatic carbocycles. The third kappa shape index (κ3) is 3.71. The van der Waals surface area contributed by atoms with Gasteiger partial charge in [-0.25, -0.2) is 0 Å². The van der Waals surface area contributed by atoms with E-state index in [4.69, 9.17) is 9.47 Å². The van der Waals surface area contributed by atoms with Gasteiger partial charge in [0.1, 0.15) is 12.3 Å². The van der Waals surface area contributed by atoms with Crippen LogP contribution in [0.5, 0.6) is 5.75 Å². The lowest BCUT2D eigenvalue weighted by Crippen LogP contribution is -2.36. The number of aromatic nitrogens is 1. The maximum Gasteiger partial charge on any atom is 0.326 e. The monoisotopic (exact) mass is 392 g/mol. The molecule has 1 aromatic heterocycles. The van der Waals surface area contributed by atoms with E-state index < -0.39 is 5.97 Å². The Hall–Kier alpha value is -3.61. The van der Waals surface area contributed by atoms with Crippen molar-refractivity contribution in [3.05, 3.63) is 59.8 Å². The number of ketones is 1. The van der Waals surface area contributed by atoms with E-state index in [0.717, 1.165) is 16.6 Å². The predicted octanol–water partition coefficient (Wildman–Crippen LogP) is 3.02. The summed E-state index contributed by atoms with van der Waals surface area (Å²) in [5.74, 6) is -0.637. The van der Waals surface area contributed by atoms with Crippen LogP contribution in [0.1, 0.15) is 22.5 Å². The van der Waals surface area contributed by atoms with Crippen molar-refractivity contribution in [2.24, 2.45) is 0 Å². The van der Waals surface area contributed by atoms with E-state index in [-0.39, 0.29) is 37.9 Å². The molecule has 1 aliphatic heterocycles. The first-order valence-electron chi connectivity index (χ1n) is 9.33. The highest BCUT2D eigenvalue weighted by Gasteiger charge is 2.26.